The van der Waals surface area contributed by atoms with Crippen molar-refractivity contribution in [2.45, 2.75) is 25.3 Å². The topological polar surface area (TPSA) is 41.9 Å². The molecule has 0 bridgehead atoms. The molecule has 1 N–H and O–H groups in total. The number of rotatable bonds is 4. The number of aliphatic hydroxyl groups excluding tert-OH is 1. The summed E-state index contributed by atoms with van der Waals surface area (Å²) in [4.78, 5) is 2.35. The van der Waals surface area contributed by atoms with Gasteiger partial charge in [0.05, 0.1) is 12.6 Å². The van der Waals surface area contributed by atoms with E-state index in [9.17, 15) is 5.11 Å². The van der Waals surface area contributed by atoms with Crippen LogP contribution in [-0.4, -0.2) is 35.7 Å². The van der Waals surface area contributed by atoms with Gasteiger partial charge in [-0.3, -0.25) is 4.90 Å². The van der Waals surface area contributed by atoms with Crippen molar-refractivity contribution in [3.05, 3.63) is 60.0 Å². The van der Waals surface area contributed by atoms with Crippen LogP contribution in [-0.2, 0) is 9.47 Å². The van der Waals surface area contributed by atoms with Gasteiger partial charge in [-0.2, -0.15) is 0 Å². The van der Waals surface area contributed by atoms with Crippen LogP contribution in [0.15, 0.2) is 60.0 Å². The third kappa shape index (κ3) is 3.28. The zero-order chi connectivity index (χ0) is 14.5. The van der Waals surface area contributed by atoms with Crippen molar-refractivity contribution < 1.29 is 14.6 Å². The summed E-state index contributed by atoms with van der Waals surface area (Å²) in [7, 11) is 0. The van der Waals surface area contributed by atoms with Crippen LogP contribution < -0.4 is 0 Å². The minimum absolute atomic E-state index is 0.0788. The summed E-state index contributed by atoms with van der Waals surface area (Å²) in [6.07, 6.45) is 16.4. The second-order valence-electron chi connectivity index (χ2n) is 5.44. The van der Waals surface area contributed by atoms with Crippen LogP contribution in [0.3, 0.4) is 0 Å². The van der Waals surface area contributed by atoms with Gasteiger partial charge >= 0.3 is 0 Å². The predicted octanol–water partition coefficient (Wildman–Crippen LogP) is 2.62. The second kappa shape index (κ2) is 6.78. The molecule has 0 saturated carbocycles. The first-order valence-corrected chi connectivity index (χ1v) is 7.44. The molecule has 2 aliphatic heterocycles. The van der Waals surface area contributed by atoms with Crippen molar-refractivity contribution in [3.8, 4) is 0 Å². The Kier molecular flexibility index (Phi) is 4.58. The van der Waals surface area contributed by atoms with E-state index in [4.69, 9.17) is 9.47 Å². The SMILES string of the molecule is OCC1=CCCN(C(C2=CC=CCC2)C2=COC=CO2)C1. The second-order valence-corrected chi connectivity index (χ2v) is 5.44. The Labute approximate surface area is 125 Å². The van der Waals surface area contributed by atoms with E-state index in [0.29, 0.717) is 0 Å². The van der Waals surface area contributed by atoms with E-state index >= 15 is 0 Å². The molecular formula is C17H21NO3. The standard InChI is InChI=1S/C17H21NO3/c19-12-14-5-4-8-18(11-14)17(15-6-2-1-3-7-15)16-13-20-9-10-21-16/h1-2,5-6,9-10,13,17,19H,3-4,7-8,11-12H2. The van der Waals surface area contributed by atoms with Crippen molar-refractivity contribution in [2.75, 3.05) is 19.7 Å². The van der Waals surface area contributed by atoms with Gasteiger partial charge in [-0.25, -0.2) is 0 Å². The van der Waals surface area contributed by atoms with Gasteiger partial charge in [0.15, 0.2) is 5.76 Å². The molecule has 0 aromatic heterocycles. The number of allylic oxidation sites excluding steroid dienone is 3. The quantitative estimate of drug-likeness (QED) is 0.807. The van der Waals surface area contributed by atoms with E-state index in [-0.39, 0.29) is 12.6 Å². The van der Waals surface area contributed by atoms with Gasteiger partial charge in [0.1, 0.15) is 18.8 Å². The van der Waals surface area contributed by atoms with Crippen LogP contribution in [0.5, 0.6) is 0 Å². The average molecular weight is 287 g/mol. The summed E-state index contributed by atoms with van der Waals surface area (Å²) in [6.45, 7) is 1.85. The Balaban J connectivity index is 1.85. The normalized spacial score (nSPS) is 23.6. The monoisotopic (exact) mass is 287 g/mol. The highest BCUT2D eigenvalue weighted by Gasteiger charge is 2.30. The fourth-order valence-electron chi connectivity index (χ4n) is 3.02. The molecule has 4 nitrogen and oxygen atoms in total. The van der Waals surface area contributed by atoms with E-state index in [2.05, 4.69) is 29.2 Å². The summed E-state index contributed by atoms with van der Waals surface area (Å²) in [5, 5.41) is 9.41. The largest absolute Gasteiger partial charge is 0.466 e. The molecule has 1 atom stereocenters. The van der Waals surface area contributed by atoms with Crippen molar-refractivity contribution in [3.63, 3.8) is 0 Å². The maximum Gasteiger partial charge on any atom is 0.160 e. The van der Waals surface area contributed by atoms with Crippen molar-refractivity contribution in [1.82, 2.24) is 4.90 Å². The molecule has 0 amide bonds. The Morgan fingerprint density at radius 2 is 2.24 bits per heavy atom. The van der Waals surface area contributed by atoms with Gasteiger partial charge in [0.25, 0.3) is 0 Å². The number of ether oxygens (including phenoxy) is 2. The maximum absolute atomic E-state index is 9.41. The summed E-state index contributed by atoms with van der Waals surface area (Å²) < 4.78 is 11.0. The lowest BCUT2D eigenvalue weighted by molar-refractivity contribution is 0.160. The summed E-state index contributed by atoms with van der Waals surface area (Å²) in [5.74, 6) is 0.818. The molecule has 3 rings (SSSR count). The Morgan fingerprint density at radius 1 is 1.29 bits per heavy atom. The number of aliphatic hydroxyl groups is 1. The van der Waals surface area contributed by atoms with Crippen molar-refractivity contribution in [1.29, 1.82) is 0 Å². The molecule has 0 radical (unpaired) electrons. The summed E-state index contributed by atoms with van der Waals surface area (Å²) >= 11 is 0. The first-order chi connectivity index (χ1) is 10.4. The van der Waals surface area contributed by atoms with E-state index in [1.54, 1.807) is 12.5 Å². The van der Waals surface area contributed by atoms with Gasteiger partial charge in [0.2, 0.25) is 0 Å². The minimum Gasteiger partial charge on any atom is -0.466 e. The van der Waals surface area contributed by atoms with Crippen LogP contribution in [0.25, 0.3) is 0 Å². The molecule has 2 heterocycles. The van der Waals surface area contributed by atoms with Gasteiger partial charge < -0.3 is 14.6 Å². The first kappa shape index (κ1) is 14.2. The Hall–Kier alpha value is -1.78. The molecule has 0 aromatic carbocycles. The molecule has 0 spiro atoms. The third-order valence-corrected chi connectivity index (χ3v) is 4.01. The highest BCUT2D eigenvalue weighted by atomic mass is 16.5. The number of hydrogen-bond donors (Lipinski definition) is 1. The van der Waals surface area contributed by atoms with E-state index in [1.807, 2.05) is 0 Å². The summed E-state index contributed by atoms with van der Waals surface area (Å²) in [5.41, 5.74) is 2.41. The van der Waals surface area contributed by atoms with Gasteiger partial charge in [-0.05, 0) is 30.4 Å². The molecular weight excluding hydrogens is 266 g/mol. The molecule has 0 saturated heterocycles. The molecule has 0 fully saturated rings. The Bertz CT molecular complexity index is 528. The smallest absolute Gasteiger partial charge is 0.160 e. The van der Waals surface area contributed by atoms with Crippen LogP contribution in [0, 0.1) is 0 Å². The van der Waals surface area contributed by atoms with Crippen LogP contribution in [0.2, 0.25) is 0 Å². The van der Waals surface area contributed by atoms with Crippen molar-refractivity contribution >= 4 is 0 Å². The van der Waals surface area contributed by atoms with Gasteiger partial charge in [-0.1, -0.05) is 24.3 Å². The molecule has 1 unspecified atom stereocenters. The summed E-state index contributed by atoms with van der Waals surface area (Å²) in [6, 6.07) is 0.0788. The lowest BCUT2D eigenvalue weighted by Crippen LogP contribution is -2.43. The van der Waals surface area contributed by atoms with Crippen LogP contribution in [0.4, 0.5) is 0 Å². The molecule has 21 heavy (non-hydrogen) atoms. The zero-order valence-corrected chi connectivity index (χ0v) is 12.1. The Morgan fingerprint density at radius 3 is 2.95 bits per heavy atom. The van der Waals surface area contributed by atoms with Gasteiger partial charge in [0, 0.05) is 13.1 Å². The zero-order valence-electron chi connectivity index (χ0n) is 12.1. The molecule has 112 valence electrons. The van der Waals surface area contributed by atoms with Crippen LogP contribution >= 0.6 is 0 Å². The average Bonchev–Trinajstić information content (AvgIpc) is 2.57. The lowest BCUT2D eigenvalue weighted by Gasteiger charge is -2.37. The lowest BCUT2D eigenvalue weighted by atomic mass is 9.93. The first-order valence-electron chi connectivity index (χ1n) is 7.44. The molecule has 1 aliphatic carbocycles. The van der Waals surface area contributed by atoms with Gasteiger partial charge in [-0.15, -0.1) is 0 Å². The third-order valence-electron chi connectivity index (χ3n) is 4.01. The highest BCUT2D eigenvalue weighted by Crippen LogP contribution is 2.29. The number of hydrogen-bond acceptors (Lipinski definition) is 4. The fraction of sp³-hybridized carbons (Fsp3) is 0.412. The molecule has 4 heteroatoms. The molecule has 3 aliphatic rings. The minimum atomic E-state index is 0.0788. The van der Waals surface area contributed by atoms with E-state index in [1.165, 1.54) is 11.8 Å². The fourth-order valence-corrected chi connectivity index (χ4v) is 3.02. The van der Waals surface area contributed by atoms with Crippen LogP contribution in [0.1, 0.15) is 19.3 Å². The molecule has 0 aromatic rings. The highest BCUT2D eigenvalue weighted by molar-refractivity contribution is 5.30. The predicted molar refractivity (Wildman–Crippen MR) is 81.0 cm³/mol. The van der Waals surface area contributed by atoms with E-state index < -0.39 is 0 Å². The van der Waals surface area contributed by atoms with Crippen molar-refractivity contribution in [2.24, 2.45) is 0 Å². The van der Waals surface area contributed by atoms with E-state index in [0.717, 1.165) is 43.7 Å². The maximum atomic E-state index is 9.41. The number of nitrogens with zero attached hydrogens (tertiary/aromatic N) is 1.